The number of Topliss-reactive ketones (excluding diaryl/α,β-unsaturated/α-hetero) is 1. The van der Waals surface area contributed by atoms with Gasteiger partial charge in [0.1, 0.15) is 12.3 Å². The topological polar surface area (TPSA) is 114 Å². The number of imide groups is 1. The second-order valence-electron chi connectivity index (χ2n) is 10.8. The molecule has 1 saturated heterocycles. The summed E-state index contributed by atoms with van der Waals surface area (Å²) >= 11 is 6.32. The molecule has 41 heavy (non-hydrogen) atoms. The van der Waals surface area contributed by atoms with Crippen LogP contribution in [-0.4, -0.2) is 46.0 Å². The minimum absolute atomic E-state index is 0.0281. The van der Waals surface area contributed by atoms with Crippen LogP contribution in [-0.2, 0) is 9.59 Å². The maximum absolute atomic E-state index is 13.8. The van der Waals surface area contributed by atoms with Crippen LogP contribution in [0, 0.1) is 35.5 Å². The van der Waals surface area contributed by atoms with Crippen molar-refractivity contribution in [1.29, 1.82) is 0 Å². The summed E-state index contributed by atoms with van der Waals surface area (Å²) in [6, 6.07) is 15.1. The molecule has 2 saturated carbocycles. The van der Waals surface area contributed by atoms with Gasteiger partial charge in [-0.25, -0.2) is 9.80 Å². The van der Waals surface area contributed by atoms with Crippen molar-refractivity contribution in [3.05, 3.63) is 101 Å². The molecule has 2 heterocycles. The highest BCUT2D eigenvalue weighted by atomic mass is 35.5. The lowest BCUT2D eigenvalue weighted by Crippen LogP contribution is -2.52. The summed E-state index contributed by atoms with van der Waals surface area (Å²) in [5, 5.41) is 1.95. The van der Waals surface area contributed by atoms with E-state index in [1.165, 1.54) is 48.7 Å². The molecule has 10 heteroatoms. The first-order chi connectivity index (χ1) is 19.8. The Morgan fingerprint density at radius 1 is 0.902 bits per heavy atom. The Labute approximate surface area is 239 Å². The van der Waals surface area contributed by atoms with Crippen LogP contribution in [0.2, 0.25) is 5.02 Å². The largest absolute Gasteiger partial charge is 0.457 e. The molecule has 3 fully saturated rings. The predicted molar refractivity (Wildman–Crippen MR) is 143 cm³/mol. The van der Waals surface area contributed by atoms with Gasteiger partial charge in [0, 0.05) is 5.56 Å². The number of nitrogens with zero attached hydrogens (tertiary/aromatic N) is 2. The van der Waals surface area contributed by atoms with E-state index in [1.54, 1.807) is 18.2 Å². The summed E-state index contributed by atoms with van der Waals surface area (Å²) in [7, 11) is 0. The Bertz CT molecular complexity index is 1590. The lowest BCUT2D eigenvalue weighted by molar-refractivity contribution is -0.154. The van der Waals surface area contributed by atoms with E-state index in [1.807, 2.05) is 12.2 Å². The summed E-state index contributed by atoms with van der Waals surface area (Å²) in [5.41, 5.74) is 0.265. The number of hydrogen-bond acceptors (Lipinski definition) is 7. The number of allylic oxidation sites excluding steroid dienone is 2. The summed E-state index contributed by atoms with van der Waals surface area (Å²) < 4.78 is 10.3. The van der Waals surface area contributed by atoms with Crippen molar-refractivity contribution in [3.8, 4) is 5.75 Å². The number of carbonyl (C=O) groups is 5. The van der Waals surface area contributed by atoms with Crippen LogP contribution in [0.1, 0.15) is 37.7 Å². The van der Waals surface area contributed by atoms with Crippen molar-refractivity contribution in [1.82, 2.24) is 10.0 Å². The molecule has 1 aliphatic heterocycles. The molecule has 5 aliphatic rings. The van der Waals surface area contributed by atoms with Gasteiger partial charge in [-0.05, 0) is 78.6 Å². The second-order valence-corrected chi connectivity index (χ2v) is 11.2. The molecule has 3 amide bonds. The molecule has 0 N–H and O–H groups in total. The van der Waals surface area contributed by atoms with E-state index >= 15 is 0 Å². The van der Waals surface area contributed by atoms with E-state index in [4.69, 9.17) is 20.8 Å². The van der Waals surface area contributed by atoms with Crippen LogP contribution in [0.3, 0.4) is 0 Å². The van der Waals surface area contributed by atoms with Crippen molar-refractivity contribution < 1.29 is 33.1 Å². The summed E-state index contributed by atoms with van der Waals surface area (Å²) in [6.07, 6.45) is 6.44. The monoisotopic (exact) mass is 570 g/mol. The van der Waals surface area contributed by atoms with Gasteiger partial charge in [-0.3, -0.25) is 19.2 Å². The summed E-state index contributed by atoms with van der Waals surface area (Å²) in [5.74, 6) is -3.04. The first kappa shape index (κ1) is 25.5. The van der Waals surface area contributed by atoms with E-state index in [0.717, 1.165) is 16.4 Å². The maximum Gasteiger partial charge on any atom is 0.379 e. The number of hydrazine groups is 1. The molecular formula is C31H23ClN2O7. The molecule has 0 spiro atoms. The van der Waals surface area contributed by atoms with E-state index in [9.17, 15) is 24.0 Å². The van der Waals surface area contributed by atoms with Gasteiger partial charge in [0.05, 0.1) is 28.7 Å². The van der Waals surface area contributed by atoms with E-state index in [-0.39, 0.29) is 39.5 Å². The predicted octanol–water partition coefficient (Wildman–Crippen LogP) is 4.45. The molecule has 0 radical (unpaired) electrons. The van der Waals surface area contributed by atoms with Gasteiger partial charge in [-0.15, -0.1) is 0 Å². The van der Waals surface area contributed by atoms with Crippen LogP contribution < -0.4 is 4.74 Å². The molecule has 3 aromatic rings. The number of esters is 1. The number of hydrogen-bond donors (Lipinski definition) is 0. The molecule has 9 nitrogen and oxygen atoms in total. The number of ketones is 1. The normalized spacial score (nSPS) is 26.9. The highest BCUT2D eigenvalue weighted by molar-refractivity contribution is 6.34. The zero-order valence-corrected chi connectivity index (χ0v) is 22.3. The fraction of sp³-hybridized carbons (Fsp3) is 0.258. The number of carbonyl (C=O) groups excluding carboxylic acids is 5. The minimum Gasteiger partial charge on any atom is -0.457 e. The fourth-order valence-corrected chi connectivity index (χ4v) is 6.89. The van der Waals surface area contributed by atoms with Gasteiger partial charge in [-0.2, -0.15) is 5.01 Å². The Balaban J connectivity index is 1.16. The first-order valence-electron chi connectivity index (χ1n) is 13.3. The number of ether oxygens (including phenoxy) is 1. The SMILES string of the molecule is O=C(CN(C(=O)c1ccccc1Cl)N1C(=O)[C@@H]2[C@H]3C=C[C@@H]([C@@H]4C[C@H]34)[C@@H]2C1=O)c1ccc(OC(=O)c2ccco2)cc1. The number of halogens is 1. The van der Waals surface area contributed by atoms with E-state index < -0.39 is 47.9 Å². The van der Waals surface area contributed by atoms with Gasteiger partial charge in [0.15, 0.2) is 5.78 Å². The zero-order chi connectivity index (χ0) is 28.4. The molecule has 8 rings (SSSR count). The summed E-state index contributed by atoms with van der Waals surface area (Å²) in [6.45, 7) is -0.567. The number of furan rings is 1. The maximum atomic E-state index is 13.8. The Hall–Kier alpha value is -4.50. The zero-order valence-electron chi connectivity index (χ0n) is 21.5. The van der Waals surface area contributed by atoms with Crippen LogP contribution in [0.25, 0.3) is 0 Å². The van der Waals surface area contributed by atoms with Gasteiger partial charge < -0.3 is 9.15 Å². The van der Waals surface area contributed by atoms with Gasteiger partial charge in [-0.1, -0.05) is 35.9 Å². The van der Waals surface area contributed by atoms with Crippen LogP contribution >= 0.6 is 11.6 Å². The van der Waals surface area contributed by atoms with Crippen molar-refractivity contribution in [2.45, 2.75) is 6.42 Å². The Morgan fingerprint density at radius 3 is 2.17 bits per heavy atom. The van der Waals surface area contributed by atoms with Crippen LogP contribution in [0.5, 0.6) is 5.75 Å². The van der Waals surface area contributed by atoms with Crippen LogP contribution in [0.4, 0.5) is 0 Å². The molecule has 6 atom stereocenters. The number of benzene rings is 2. The first-order valence-corrected chi connectivity index (χ1v) is 13.7. The minimum atomic E-state index is -0.723. The molecule has 1 aromatic heterocycles. The third-order valence-electron chi connectivity index (χ3n) is 8.62. The fourth-order valence-electron chi connectivity index (χ4n) is 6.67. The number of rotatable bonds is 7. The van der Waals surface area contributed by atoms with Crippen molar-refractivity contribution in [2.24, 2.45) is 35.5 Å². The molecule has 0 unspecified atom stereocenters. The molecular weight excluding hydrogens is 548 g/mol. The third kappa shape index (κ3) is 4.11. The van der Waals surface area contributed by atoms with Gasteiger partial charge in [0.2, 0.25) is 5.76 Å². The summed E-state index contributed by atoms with van der Waals surface area (Å²) in [4.78, 5) is 67.1. The Kier molecular flexibility index (Phi) is 5.93. The van der Waals surface area contributed by atoms with Gasteiger partial charge in [0.25, 0.3) is 17.7 Å². The standard InChI is InChI=1S/C31H23ClN2O7/c32-23-5-2-1-4-20(23)28(36)33(34-29(37)26-18-11-12-19(22-14-21(18)22)27(26)30(34)38)15-24(35)16-7-9-17(10-8-16)41-31(39)25-6-3-13-40-25/h1-13,18-19,21-22,26-27H,14-15H2/t18-,19-,21-,22+,26-,27+/m0/s1. The highest BCUT2D eigenvalue weighted by Gasteiger charge is 2.68. The Morgan fingerprint density at radius 2 is 1.56 bits per heavy atom. The number of amides is 3. The van der Waals surface area contributed by atoms with Crippen molar-refractivity contribution >= 4 is 41.1 Å². The van der Waals surface area contributed by atoms with Gasteiger partial charge >= 0.3 is 5.97 Å². The quantitative estimate of drug-likeness (QED) is 0.136. The second kappa shape index (κ2) is 9.55. The average molecular weight is 571 g/mol. The third-order valence-corrected chi connectivity index (χ3v) is 8.95. The van der Waals surface area contributed by atoms with E-state index in [0.29, 0.717) is 11.8 Å². The smallest absolute Gasteiger partial charge is 0.379 e. The lowest BCUT2D eigenvalue weighted by Gasteiger charge is -2.37. The van der Waals surface area contributed by atoms with Crippen LogP contribution in [0.15, 0.2) is 83.5 Å². The molecule has 206 valence electrons. The van der Waals surface area contributed by atoms with E-state index in [2.05, 4.69) is 0 Å². The lowest BCUT2D eigenvalue weighted by atomic mass is 9.63. The van der Waals surface area contributed by atoms with Crippen molar-refractivity contribution in [2.75, 3.05) is 6.54 Å². The molecule has 4 aliphatic carbocycles. The van der Waals surface area contributed by atoms with Crippen molar-refractivity contribution in [3.63, 3.8) is 0 Å². The molecule has 2 aromatic carbocycles. The molecule has 2 bridgehead atoms. The highest BCUT2D eigenvalue weighted by Crippen LogP contribution is 2.65. The average Bonchev–Trinajstić information content (AvgIpc) is 3.54.